The van der Waals surface area contributed by atoms with Crippen molar-refractivity contribution in [1.82, 2.24) is 19.6 Å². The van der Waals surface area contributed by atoms with E-state index in [0.29, 0.717) is 51.3 Å². The summed E-state index contributed by atoms with van der Waals surface area (Å²) in [6.45, 7) is 7.09. The zero-order chi connectivity index (χ0) is 23.2. The molecule has 4 rings (SSSR count). The van der Waals surface area contributed by atoms with Crippen molar-refractivity contribution < 1.29 is 14.3 Å². The number of amides is 2. The van der Waals surface area contributed by atoms with Gasteiger partial charge in [0.05, 0.1) is 18.8 Å². The Bertz CT molecular complexity index is 1090. The Morgan fingerprint density at radius 1 is 1.00 bits per heavy atom. The van der Waals surface area contributed by atoms with Gasteiger partial charge < -0.3 is 14.5 Å². The molecule has 1 fully saturated rings. The van der Waals surface area contributed by atoms with Crippen LogP contribution in [0.15, 0.2) is 60.7 Å². The molecule has 0 bridgehead atoms. The third-order valence-electron chi connectivity index (χ3n) is 5.89. The van der Waals surface area contributed by atoms with Crippen molar-refractivity contribution in [3.05, 3.63) is 83.2 Å². The maximum absolute atomic E-state index is 13.0. The molecule has 0 spiro atoms. The van der Waals surface area contributed by atoms with E-state index in [1.165, 1.54) is 0 Å². The highest BCUT2D eigenvalue weighted by atomic mass is 16.5. The summed E-state index contributed by atoms with van der Waals surface area (Å²) in [6, 6.07) is 19.3. The maximum Gasteiger partial charge on any atom is 0.253 e. The molecular weight excluding hydrogens is 416 g/mol. The van der Waals surface area contributed by atoms with Gasteiger partial charge in [0.15, 0.2) is 0 Å². The summed E-state index contributed by atoms with van der Waals surface area (Å²) in [5, 5.41) is 4.50. The topological polar surface area (TPSA) is 67.7 Å². The normalized spacial score (nSPS) is 14.3. The molecule has 0 N–H and O–H groups in total. The van der Waals surface area contributed by atoms with Gasteiger partial charge in [-0.1, -0.05) is 30.3 Å². The minimum atomic E-state index is -0.0390. The van der Waals surface area contributed by atoms with E-state index in [1.807, 2.05) is 73.1 Å². The monoisotopic (exact) mass is 446 g/mol. The fraction of sp³-hybridized carbons (Fsp3) is 0.346. The molecule has 7 nitrogen and oxygen atoms in total. The van der Waals surface area contributed by atoms with Gasteiger partial charge >= 0.3 is 0 Å². The predicted molar refractivity (Wildman–Crippen MR) is 126 cm³/mol. The second kappa shape index (κ2) is 10.3. The average Bonchev–Trinajstić information content (AvgIpc) is 3.02. The lowest BCUT2D eigenvalue weighted by molar-refractivity contribution is -0.130. The Hall–Kier alpha value is -3.61. The quantitative estimate of drug-likeness (QED) is 0.559. The van der Waals surface area contributed by atoms with Crippen molar-refractivity contribution in [2.45, 2.75) is 26.8 Å². The lowest BCUT2D eigenvalue weighted by Gasteiger charge is -2.22. The third-order valence-corrected chi connectivity index (χ3v) is 5.89. The van der Waals surface area contributed by atoms with Crippen LogP contribution in [0.1, 0.15) is 33.7 Å². The molecule has 0 unspecified atom stereocenters. The van der Waals surface area contributed by atoms with Gasteiger partial charge in [-0.2, -0.15) is 5.10 Å². The number of benzene rings is 2. The molecule has 7 heteroatoms. The van der Waals surface area contributed by atoms with Gasteiger partial charge in [0.25, 0.3) is 5.91 Å². The lowest BCUT2D eigenvalue weighted by Crippen LogP contribution is -2.37. The second-order valence-electron chi connectivity index (χ2n) is 8.37. The first-order valence-corrected chi connectivity index (χ1v) is 11.3. The fourth-order valence-electron chi connectivity index (χ4n) is 4.04. The zero-order valence-corrected chi connectivity index (χ0v) is 19.2. The Labute approximate surface area is 194 Å². The van der Waals surface area contributed by atoms with Crippen LogP contribution in [-0.2, 0) is 11.3 Å². The van der Waals surface area contributed by atoms with Crippen molar-refractivity contribution >= 4 is 11.8 Å². The summed E-state index contributed by atoms with van der Waals surface area (Å²) in [5.41, 5.74) is 3.84. The molecule has 2 heterocycles. The number of rotatable bonds is 7. The molecule has 1 aliphatic heterocycles. The predicted octanol–water partition coefficient (Wildman–Crippen LogP) is 3.30. The average molecular weight is 447 g/mol. The van der Waals surface area contributed by atoms with Gasteiger partial charge in [0, 0.05) is 37.3 Å². The van der Waals surface area contributed by atoms with Crippen molar-refractivity contribution in [3.8, 4) is 5.75 Å². The number of hydrogen-bond donors (Lipinski definition) is 0. The number of aryl methyl sites for hydroxylation is 2. The largest absolute Gasteiger partial charge is 0.492 e. The minimum Gasteiger partial charge on any atom is -0.492 e. The minimum absolute atomic E-state index is 0.0390. The molecule has 1 aromatic heterocycles. The SMILES string of the molecule is Cc1cc(C)n(Cc2ccc(C(=O)N3CCC(=O)N(CCOc4ccccc4)CC3)cc2)n1. The highest BCUT2D eigenvalue weighted by Crippen LogP contribution is 2.14. The molecular formula is C26H30N4O3. The van der Waals surface area contributed by atoms with Crippen LogP contribution in [0.25, 0.3) is 0 Å². The van der Waals surface area contributed by atoms with Crippen LogP contribution in [0.2, 0.25) is 0 Å². The number of para-hydroxylation sites is 1. The molecule has 33 heavy (non-hydrogen) atoms. The van der Waals surface area contributed by atoms with Crippen molar-refractivity contribution in [3.63, 3.8) is 0 Å². The van der Waals surface area contributed by atoms with E-state index < -0.39 is 0 Å². The summed E-state index contributed by atoms with van der Waals surface area (Å²) in [6.07, 6.45) is 0.326. The van der Waals surface area contributed by atoms with Gasteiger partial charge in [-0.3, -0.25) is 14.3 Å². The number of hydrogen-bond acceptors (Lipinski definition) is 4. The summed E-state index contributed by atoms with van der Waals surface area (Å²) in [5.74, 6) is 0.808. The summed E-state index contributed by atoms with van der Waals surface area (Å²) < 4.78 is 7.68. The standard InChI is InChI=1S/C26H30N4O3/c1-20-18-21(2)30(27-20)19-22-8-10-23(11-9-22)26(32)29-13-12-25(31)28(14-15-29)16-17-33-24-6-4-3-5-7-24/h3-11,18H,12-17,19H2,1-2H3. The number of carbonyl (C=O) groups is 2. The third kappa shape index (κ3) is 5.80. The zero-order valence-electron chi connectivity index (χ0n) is 19.2. The molecule has 0 aliphatic carbocycles. The van der Waals surface area contributed by atoms with Crippen LogP contribution in [0.3, 0.4) is 0 Å². The Balaban J connectivity index is 1.31. The van der Waals surface area contributed by atoms with Gasteiger partial charge in [-0.05, 0) is 49.7 Å². The molecule has 1 aliphatic rings. The molecule has 0 saturated carbocycles. The number of carbonyl (C=O) groups excluding carboxylic acids is 2. The number of ether oxygens (including phenoxy) is 1. The van der Waals surface area contributed by atoms with E-state index in [9.17, 15) is 9.59 Å². The van der Waals surface area contributed by atoms with Crippen LogP contribution in [-0.4, -0.2) is 64.2 Å². The molecule has 0 radical (unpaired) electrons. The molecule has 0 atom stereocenters. The first kappa shape index (κ1) is 22.6. The van der Waals surface area contributed by atoms with Crippen molar-refractivity contribution in [2.24, 2.45) is 0 Å². The van der Waals surface area contributed by atoms with E-state index in [2.05, 4.69) is 11.2 Å². The molecule has 172 valence electrons. The van der Waals surface area contributed by atoms with E-state index in [1.54, 1.807) is 9.80 Å². The van der Waals surface area contributed by atoms with Crippen LogP contribution in [0.5, 0.6) is 5.75 Å². The van der Waals surface area contributed by atoms with E-state index in [0.717, 1.165) is 22.7 Å². The summed E-state index contributed by atoms with van der Waals surface area (Å²) >= 11 is 0. The second-order valence-corrected chi connectivity index (χ2v) is 8.37. The van der Waals surface area contributed by atoms with E-state index in [4.69, 9.17) is 4.74 Å². The number of nitrogens with zero attached hydrogens (tertiary/aromatic N) is 4. The van der Waals surface area contributed by atoms with Crippen molar-refractivity contribution in [1.29, 1.82) is 0 Å². The Kier molecular flexibility index (Phi) is 7.07. The van der Waals surface area contributed by atoms with E-state index in [-0.39, 0.29) is 11.8 Å². The molecule has 1 saturated heterocycles. The smallest absolute Gasteiger partial charge is 0.253 e. The van der Waals surface area contributed by atoms with E-state index >= 15 is 0 Å². The molecule has 2 amide bonds. The Morgan fingerprint density at radius 2 is 1.76 bits per heavy atom. The first-order valence-electron chi connectivity index (χ1n) is 11.3. The highest BCUT2D eigenvalue weighted by molar-refractivity contribution is 5.94. The van der Waals surface area contributed by atoms with Crippen LogP contribution < -0.4 is 4.74 Å². The van der Waals surface area contributed by atoms with Gasteiger partial charge in [0.1, 0.15) is 12.4 Å². The first-order chi connectivity index (χ1) is 16.0. The van der Waals surface area contributed by atoms with Crippen LogP contribution in [0, 0.1) is 13.8 Å². The lowest BCUT2D eigenvalue weighted by atomic mass is 10.1. The van der Waals surface area contributed by atoms with Crippen LogP contribution >= 0.6 is 0 Å². The van der Waals surface area contributed by atoms with Crippen molar-refractivity contribution in [2.75, 3.05) is 32.8 Å². The van der Waals surface area contributed by atoms with Crippen LogP contribution in [0.4, 0.5) is 0 Å². The van der Waals surface area contributed by atoms with Gasteiger partial charge in [0.2, 0.25) is 5.91 Å². The van der Waals surface area contributed by atoms with Gasteiger partial charge in [-0.15, -0.1) is 0 Å². The van der Waals surface area contributed by atoms with Gasteiger partial charge in [-0.25, -0.2) is 0 Å². The highest BCUT2D eigenvalue weighted by Gasteiger charge is 2.24. The summed E-state index contributed by atoms with van der Waals surface area (Å²) in [7, 11) is 0. The molecule has 2 aromatic carbocycles. The number of aromatic nitrogens is 2. The maximum atomic E-state index is 13.0. The Morgan fingerprint density at radius 3 is 2.45 bits per heavy atom. The molecule has 3 aromatic rings. The summed E-state index contributed by atoms with van der Waals surface area (Å²) in [4.78, 5) is 29.1. The fourth-order valence-corrected chi connectivity index (χ4v) is 4.04.